The number of Topliss-reactive ketones (excluding diaryl/α,β-unsaturated/α-hetero) is 2. The van der Waals surface area contributed by atoms with Gasteiger partial charge < -0.3 is 5.73 Å². The van der Waals surface area contributed by atoms with Crippen molar-refractivity contribution in [2.45, 2.75) is 20.3 Å². The first kappa shape index (κ1) is 10.4. The number of rotatable bonds is 3. The minimum absolute atomic E-state index is 0.0757. The number of aryl methyl sites for hydroxylation is 1. The number of nitrogen functional groups attached to an aromatic ring is 1. The molecule has 0 aromatic heterocycles. The molecule has 0 saturated carbocycles. The Balaban J connectivity index is 3.00. The Labute approximate surface area is 82.9 Å². The highest BCUT2D eigenvalue weighted by molar-refractivity contribution is 6.10. The molecule has 3 nitrogen and oxygen atoms in total. The van der Waals surface area contributed by atoms with Gasteiger partial charge in [0.25, 0.3) is 0 Å². The molecule has 1 aromatic rings. The molecule has 0 bridgehead atoms. The summed E-state index contributed by atoms with van der Waals surface area (Å²) in [6, 6.07) is 5.23. The van der Waals surface area contributed by atoms with E-state index in [4.69, 9.17) is 5.73 Å². The summed E-state index contributed by atoms with van der Waals surface area (Å²) >= 11 is 0. The summed E-state index contributed by atoms with van der Waals surface area (Å²) in [5.41, 5.74) is 7.47. The van der Waals surface area contributed by atoms with Gasteiger partial charge in [-0.25, -0.2) is 0 Å². The largest absolute Gasteiger partial charge is 0.398 e. The average Bonchev–Trinajstić information content (AvgIpc) is 2.08. The van der Waals surface area contributed by atoms with Crippen LogP contribution in [0.5, 0.6) is 0 Å². The van der Waals surface area contributed by atoms with Crippen LogP contribution in [-0.2, 0) is 4.79 Å². The third-order valence-corrected chi connectivity index (χ3v) is 1.92. The molecular formula is C11H13NO2. The van der Waals surface area contributed by atoms with Crippen molar-refractivity contribution >= 4 is 17.3 Å². The molecule has 0 unspecified atom stereocenters. The number of ketones is 2. The van der Waals surface area contributed by atoms with Gasteiger partial charge in [-0.3, -0.25) is 9.59 Å². The zero-order valence-corrected chi connectivity index (χ0v) is 8.33. The van der Waals surface area contributed by atoms with Crippen LogP contribution in [0.1, 0.15) is 29.3 Å². The Kier molecular flexibility index (Phi) is 3.02. The van der Waals surface area contributed by atoms with Gasteiger partial charge in [-0.15, -0.1) is 0 Å². The van der Waals surface area contributed by atoms with E-state index in [2.05, 4.69) is 0 Å². The molecule has 1 rings (SSSR count). The first-order valence-corrected chi connectivity index (χ1v) is 4.39. The van der Waals surface area contributed by atoms with E-state index in [0.29, 0.717) is 11.3 Å². The molecule has 0 saturated heterocycles. The van der Waals surface area contributed by atoms with Crippen molar-refractivity contribution in [3.8, 4) is 0 Å². The summed E-state index contributed by atoms with van der Waals surface area (Å²) in [6.07, 6.45) is -0.0757. The van der Waals surface area contributed by atoms with Gasteiger partial charge in [0.05, 0.1) is 6.42 Å². The first-order chi connectivity index (χ1) is 6.50. The number of hydrogen-bond acceptors (Lipinski definition) is 3. The molecule has 74 valence electrons. The van der Waals surface area contributed by atoms with E-state index in [9.17, 15) is 9.59 Å². The van der Waals surface area contributed by atoms with E-state index >= 15 is 0 Å². The number of anilines is 1. The fourth-order valence-electron chi connectivity index (χ4n) is 1.23. The van der Waals surface area contributed by atoms with Crippen LogP contribution in [0.4, 0.5) is 5.69 Å². The van der Waals surface area contributed by atoms with Crippen LogP contribution >= 0.6 is 0 Å². The summed E-state index contributed by atoms with van der Waals surface area (Å²) in [5.74, 6) is -0.352. The van der Waals surface area contributed by atoms with Crippen molar-refractivity contribution in [3.63, 3.8) is 0 Å². The molecule has 3 heteroatoms. The van der Waals surface area contributed by atoms with Crippen molar-refractivity contribution in [2.24, 2.45) is 0 Å². The highest BCUT2D eigenvalue weighted by Crippen LogP contribution is 2.15. The molecule has 0 aliphatic carbocycles. The molecule has 2 N–H and O–H groups in total. The fraction of sp³-hybridized carbons (Fsp3) is 0.273. The summed E-state index contributed by atoms with van der Waals surface area (Å²) in [4.78, 5) is 22.3. The maximum atomic E-state index is 11.5. The fourth-order valence-corrected chi connectivity index (χ4v) is 1.23. The molecular weight excluding hydrogens is 178 g/mol. The predicted octanol–water partition coefficient (Wildman–Crippen LogP) is 1.74. The van der Waals surface area contributed by atoms with Gasteiger partial charge in [0.15, 0.2) is 5.78 Å². The third-order valence-electron chi connectivity index (χ3n) is 1.92. The van der Waals surface area contributed by atoms with Crippen molar-refractivity contribution in [1.82, 2.24) is 0 Å². The van der Waals surface area contributed by atoms with Gasteiger partial charge >= 0.3 is 0 Å². The minimum Gasteiger partial charge on any atom is -0.398 e. The Morgan fingerprint density at radius 2 is 2.00 bits per heavy atom. The van der Waals surface area contributed by atoms with Crippen molar-refractivity contribution < 1.29 is 9.59 Å². The molecule has 1 aromatic carbocycles. The molecule has 0 fully saturated rings. The zero-order valence-electron chi connectivity index (χ0n) is 8.33. The van der Waals surface area contributed by atoms with Gasteiger partial charge in [0.2, 0.25) is 0 Å². The summed E-state index contributed by atoms with van der Waals surface area (Å²) in [7, 11) is 0. The van der Waals surface area contributed by atoms with E-state index in [1.54, 1.807) is 12.1 Å². The van der Waals surface area contributed by atoms with E-state index in [1.807, 2.05) is 13.0 Å². The molecule has 0 aliphatic rings. The third kappa shape index (κ3) is 2.42. The Hall–Kier alpha value is -1.64. The minimum atomic E-state index is -0.210. The number of carbonyl (C=O) groups excluding carboxylic acids is 2. The predicted molar refractivity (Wildman–Crippen MR) is 55.2 cm³/mol. The van der Waals surface area contributed by atoms with E-state index < -0.39 is 0 Å². The van der Waals surface area contributed by atoms with E-state index in [1.165, 1.54) is 6.92 Å². The quantitative estimate of drug-likeness (QED) is 0.449. The average molecular weight is 191 g/mol. The van der Waals surface area contributed by atoms with Crippen LogP contribution in [0.25, 0.3) is 0 Å². The van der Waals surface area contributed by atoms with Gasteiger partial charge in [-0.1, -0.05) is 11.6 Å². The number of hydrogen-bond donors (Lipinski definition) is 1. The lowest BCUT2D eigenvalue weighted by Crippen LogP contribution is -2.08. The topological polar surface area (TPSA) is 60.2 Å². The highest BCUT2D eigenvalue weighted by atomic mass is 16.1. The van der Waals surface area contributed by atoms with Crippen LogP contribution in [0.15, 0.2) is 18.2 Å². The number of benzene rings is 1. The summed E-state index contributed by atoms with van der Waals surface area (Å²) < 4.78 is 0. The van der Waals surface area contributed by atoms with Crippen LogP contribution in [0.3, 0.4) is 0 Å². The Bertz CT molecular complexity index is 383. The second-order valence-corrected chi connectivity index (χ2v) is 3.39. The van der Waals surface area contributed by atoms with Crippen LogP contribution in [-0.4, -0.2) is 11.6 Å². The second-order valence-electron chi connectivity index (χ2n) is 3.39. The molecule has 0 amide bonds. The smallest absolute Gasteiger partial charge is 0.172 e. The Morgan fingerprint density at radius 3 is 2.57 bits per heavy atom. The molecule has 0 heterocycles. The monoisotopic (exact) mass is 191 g/mol. The van der Waals surface area contributed by atoms with Crippen molar-refractivity contribution in [2.75, 3.05) is 5.73 Å². The van der Waals surface area contributed by atoms with Gasteiger partial charge in [-0.05, 0) is 26.0 Å². The SMILES string of the molecule is CC(=O)CC(=O)c1cc(C)ccc1N. The lowest BCUT2D eigenvalue weighted by Gasteiger charge is -2.04. The lowest BCUT2D eigenvalue weighted by molar-refractivity contribution is -0.116. The second kappa shape index (κ2) is 4.05. The van der Waals surface area contributed by atoms with Crippen molar-refractivity contribution in [1.29, 1.82) is 0 Å². The zero-order chi connectivity index (χ0) is 10.7. The molecule has 0 spiro atoms. The first-order valence-electron chi connectivity index (χ1n) is 4.39. The molecule has 0 atom stereocenters. The Morgan fingerprint density at radius 1 is 1.36 bits per heavy atom. The highest BCUT2D eigenvalue weighted by Gasteiger charge is 2.11. The maximum absolute atomic E-state index is 11.5. The summed E-state index contributed by atoms with van der Waals surface area (Å²) in [6.45, 7) is 3.27. The van der Waals surface area contributed by atoms with Crippen LogP contribution in [0, 0.1) is 6.92 Å². The molecule has 0 radical (unpaired) electrons. The van der Waals surface area contributed by atoms with Crippen molar-refractivity contribution in [3.05, 3.63) is 29.3 Å². The molecule has 14 heavy (non-hydrogen) atoms. The maximum Gasteiger partial charge on any atom is 0.172 e. The number of nitrogens with two attached hydrogens (primary N) is 1. The summed E-state index contributed by atoms with van der Waals surface area (Å²) in [5, 5.41) is 0. The van der Waals surface area contributed by atoms with Gasteiger partial charge in [0.1, 0.15) is 5.78 Å². The lowest BCUT2D eigenvalue weighted by atomic mass is 10.0. The van der Waals surface area contributed by atoms with Crippen LogP contribution in [0.2, 0.25) is 0 Å². The normalized spacial score (nSPS) is 9.86. The standard InChI is InChI=1S/C11H13NO2/c1-7-3-4-10(12)9(5-7)11(14)6-8(2)13/h3-5H,6,12H2,1-2H3. The van der Waals surface area contributed by atoms with Gasteiger partial charge in [-0.2, -0.15) is 0 Å². The molecule has 0 aliphatic heterocycles. The van der Waals surface area contributed by atoms with Gasteiger partial charge in [0, 0.05) is 11.3 Å². The van der Waals surface area contributed by atoms with E-state index in [0.717, 1.165) is 5.56 Å². The van der Waals surface area contributed by atoms with Crippen LogP contribution < -0.4 is 5.73 Å². The van der Waals surface area contributed by atoms with E-state index in [-0.39, 0.29) is 18.0 Å². The number of carbonyl (C=O) groups is 2.